The molecule has 112 valence electrons. The molecule has 0 atom stereocenters. The molecule has 3 rings (SSSR count). The zero-order chi connectivity index (χ0) is 15.7. The lowest BCUT2D eigenvalue weighted by Gasteiger charge is -2.05. The smallest absolute Gasteiger partial charge is 0.230 e. The fourth-order valence-corrected chi connectivity index (χ4v) is 2.64. The van der Waals surface area contributed by atoms with Crippen molar-refractivity contribution in [1.82, 2.24) is 5.16 Å². The summed E-state index contributed by atoms with van der Waals surface area (Å²) in [5.41, 5.74) is 5.56. The van der Waals surface area contributed by atoms with Crippen molar-refractivity contribution in [3.8, 4) is 0 Å². The number of carbonyl (C=O) groups is 1. The number of hydrogen-bond donors (Lipinski definition) is 1. The molecule has 0 aliphatic heterocycles. The van der Waals surface area contributed by atoms with Gasteiger partial charge in [0.2, 0.25) is 5.91 Å². The number of aromatic nitrogens is 1. The largest absolute Gasteiger partial charge is 0.356 e. The van der Waals surface area contributed by atoms with Gasteiger partial charge >= 0.3 is 0 Å². The van der Waals surface area contributed by atoms with Crippen LogP contribution in [0.3, 0.4) is 0 Å². The third kappa shape index (κ3) is 2.86. The number of fused-ring (bicyclic) bond motifs is 1. The third-order valence-corrected chi connectivity index (χ3v) is 3.65. The van der Waals surface area contributed by atoms with Crippen molar-refractivity contribution in [2.24, 2.45) is 0 Å². The van der Waals surface area contributed by atoms with E-state index in [1.165, 1.54) is 0 Å². The Morgan fingerprint density at radius 2 is 1.82 bits per heavy atom. The molecule has 0 saturated heterocycles. The molecular formula is C18H18N2O2. The van der Waals surface area contributed by atoms with Crippen LogP contribution >= 0.6 is 0 Å². The Morgan fingerprint density at radius 3 is 2.55 bits per heavy atom. The fourth-order valence-electron chi connectivity index (χ4n) is 2.64. The first-order chi connectivity index (χ1) is 10.5. The predicted molar refractivity (Wildman–Crippen MR) is 87.0 cm³/mol. The Kier molecular flexibility index (Phi) is 3.67. The summed E-state index contributed by atoms with van der Waals surface area (Å²) < 4.78 is 5.35. The van der Waals surface area contributed by atoms with Crippen molar-refractivity contribution in [1.29, 1.82) is 0 Å². The maximum absolute atomic E-state index is 12.2. The first kappa shape index (κ1) is 14.3. The summed E-state index contributed by atoms with van der Waals surface area (Å²) in [6.45, 7) is 6.03. The van der Waals surface area contributed by atoms with Gasteiger partial charge in [-0.05, 0) is 50.1 Å². The van der Waals surface area contributed by atoms with Gasteiger partial charge in [-0.3, -0.25) is 4.79 Å². The van der Waals surface area contributed by atoms with Crippen LogP contribution in [0.5, 0.6) is 0 Å². The second kappa shape index (κ2) is 5.64. The van der Waals surface area contributed by atoms with E-state index in [1.807, 2.05) is 51.1 Å². The van der Waals surface area contributed by atoms with E-state index >= 15 is 0 Å². The number of amides is 1. The maximum Gasteiger partial charge on any atom is 0.230 e. The second-order valence-electron chi connectivity index (χ2n) is 5.68. The molecule has 1 heterocycles. The molecule has 0 saturated carbocycles. The number of hydrogen-bond acceptors (Lipinski definition) is 3. The van der Waals surface area contributed by atoms with Crippen LogP contribution in [0.2, 0.25) is 0 Å². The fraction of sp³-hybridized carbons (Fsp3) is 0.222. The second-order valence-corrected chi connectivity index (χ2v) is 5.68. The minimum atomic E-state index is -0.0981. The van der Waals surface area contributed by atoms with Crippen molar-refractivity contribution >= 4 is 22.6 Å². The van der Waals surface area contributed by atoms with Gasteiger partial charge in [0.1, 0.15) is 5.69 Å². The molecule has 0 radical (unpaired) electrons. The highest BCUT2D eigenvalue weighted by molar-refractivity contribution is 5.95. The van der Waals surface area contributed by atoms with Gasteiger partial charge < -0.3 is 9.84 Å². The van der Waals surface area contributed by atoms with Crippen LogP contribution in [0, 0.1) is 20.8 Å². The van der Waals surface area contributed by atoms with Crippen molar-refractivity contribution in [2.45, 2.75) is 27.2 Å². The zero-order valence-electron chi connectivity index (χ0n) is 12.9. The first-order valence-electron chi connectivity index (χ1n) is 7.25. The predicted octanol–water partition coefficient (Wildman–Crippen LogP) is 3.93. The molecule has 2 aromatic carbocycles. The number of nitrogens with zero attached hydrogens (tertiary/aromatic N) is 1. The molecule has 1 aromatic heterocycles. The average molecular weight is 294 g/mol. The van der Waals surface area contributed by atoms with Crippen LogP contribution in [0.15, 0.2) is 40.9 Å². The number of nitrogens with one attached hydrogen (secondary N) is 1. The van der Waals surface area contributed by atoms with Crippen LogP contribution in [0.1, 0.15) is 22.4 Å². The van der Waals surface area contributed by atoms with Crippen molar-refractivity contribution in [3.05, 3.63) is 58.8 Å². The van der Waals surface area contributed by atoms with E-state index in [-0.39, 0.29) is 12.3 Å². The van der Waals surface area contributed by atoms with E-state index in [1.54, 1.807) is 0 Å². The summed E-state index contributed by atoms with van der Waals surface area (Å²) in [7, 11) is 0. The summed E-state index contributed by atoms with van der Waals surface area (Å²) in [5.74, 6) is -0.0981. The quantitative estimate of drug-likeness (QED) is 0.796. The Balaban J connectivity index is 1.81. The lowest BCUT2D eigenvalue weighted by atomic mass is 10.0. The van der Waals surface area contributed by atoms with Crippen molar-refractivity contribution in [3.63, 3.8) is 0 Å². The number of anilines is 1. The molecule has 0 unspecified atom stereocenters. The van der Waals surface area contributed by atoms with Gasteiger partial charge in [-0.15, -0.1) is 0 Å². The monoisotopic (exact) mass is 294 g/mol. The first-order valence-corrected chi connectivity index (χ1v) is 7.25. The van der Waals surface area contributed by atoms with Gasteiger partial charge in [0, 0.05) is 11.1 Å². The van der Waals surface area contributed by atoms with Gasteiger partial charge in [0.05, 0.1) is 6.42 Å². The van der Waals surface area contributed by atoms with E-state index in [0.29, 0.717) is 5.69 Å². The normalized spacial score (nSPS) is 10.9. The SMILES string of the molecule is Cc1ccc(NC(=O)Cc2noc3cc(C)cc(C)c23)cc1. The Bertz CT molecular complexity index is 832. The summed E-state index contributed by atoms with van der Waals surface area (Å²) in [4.78, 5) is 12.2. The molecule has 0 aliphatic carbocycles. The topological polar surface area (TPSA) is 55.1 Å². The highest BCUT2D eigenvalue weighted by atomic mass is 16.5. The molecule has 0 bridgehead atoms. The van der Waals surface area contributed by atoms with Gasteiger partial charge in [-0.2, -0.15) is 0 Å². The summed E-state index contributed by atoms with van der Waals surface area (Å²) in [6.07, 6.45) is 0.199. The molecule has 1 amide bonds. The standard InChI is InChI=1S/C18H18N2O2/c1-11-4-6-14(7-5-11)19-17(21)10-15-18-13(3)8-12(2)9-16(18)22-20-15/h4-9H,10H2,1-3H3,(H,19,21). The molecule has 4 heteroatoms. The number of rotatable bonds is 3. The molecule has 4 nitrogen and oxygen atoms in total. The third-order valence-electron chi connectivity index (χ3n) is 3.65. The van der Waals surface area contributed by atoms with E-state index < -0.39 is 0 Å². The van der Waals surface area contributed by atoms with Crippen LogP contribution in [-0.2, 0) is 11.2 Å². The number of benzene rings is 2. The number of aryl methyl sites for hydroxylation is 3. The number of carbonyl (C=O) groups excluding carboxylic acids is 1. The minimum Gasteiger partial charge on any atom is -0.356 e. The molecular weight excluding hydrogens is 276 g/mol. The zero-order valence-corrected chi connectivity index (χ0v) is 12.9. The molecule has 22 heavy (non-hydrogen) atoms. The highest BCUT2D eigenvalue weighted by Crippen LogP contribution is 2.24. The summed E-state index contributed by atoms with van der Waals surface area (Å²) in [5, 5.41) is 7.87. The van der Waals surface area contributed by atoms with E-state index in [9.17, 15) is 4.79 Å². The van der Waals surface area contributed by atoms with Gasteiger partial charge in [-0.1, -0.05) is 28.9 Å². The maximum atomic E-state index is 12.2. The van der Waals surface area contributed by atoms with Gasteiger partial charge in [-0.25, -0.2) is 0 Å². The highest BCUT2D eigenvalue weighted by Gasteiger charge is 2.15. The van der Waals surface area contributed by atoms with E-state index in [0.717, 1.165) is 33.3 Å². The van der Waals surface area contributed by atoms with Crippen LogP contribution in [0.25, 0.3) is 11.0 Å². The van der Waals surface area contributed by atoms with Crippen molar-refractivity contribution in [2.75, 3.05) is 5.32 Å². The van der Waals surface area contributed by atoms with Crippen LogP contribution < -0.4 is 5.32 Å². The summed E-state index contributed by atoms with van der Waals surface area (Å²) >= 11 is 0. The molecule has 1 N–H and O–H groups in total. The molecule has 0 spiro atoms. The van der Waals surface area contributed by atoms with E-state index in [4.69, 9.17) is 4.52 Å². The lowest BCUT2D eigenvalue weighted by Crippen LogP contribution is -2.14. The molecule has 3 aromatic rings. The average Bonchev–Trinajstić information content (AvgIpc) is 2.84. The Hall–Kier alpha value is -2.62. The van der Waals surface area contributed by atoms with Gasteiger partial charge in [0.25, 0.3) is 0 Å². The Labute approximate surface area is 129 Å². The molecule has 0 fully saturated rings. The van der Waals surface area contributed by atoms with Crippen LogP contribution in [0.4, 0.5) is 5.69 Å². The lowest BCUT2D eigenvalue weighted by molar-refractivity contribution is -0.115. The molecule has 0 aliphatic rings. The Morgan fingerprint density at radius 1 is 1.09 bits per heavy atom. The minimum absolute atomic E-state index is 0.0981. The van der Waals surface area contributed by atoms with Gasteiger partial charge in [0.15, 0.2) is 5.58 Å². The van der Waals surface area contributed by atoms with E-state index in [2.05, 4.69) is 16.5 Å². The van der Waals surface area contributed by atoms with Crippen molar-refractivity contribution < 1.29 is 9.32 Å². The van der Waals surface area contributed by atoms with Crippen LogP contribution in [-0.4, -0.2) is 11.1 Å². The summed E-state index contributed by atoms with van der Waals surface area (Å²) in [6, 6.07) is 11.7.